The SMILES string of the molecule is NCc1ccc(NC(=O)c2ccc(O)cc2F)c(F)c1. The van der Waals surface area contributed by atoms with Crippen molar-refractivity contribution >= 4 is 11.6 Å². The van der Waals surface area contributed by atoms with E-state index in [4.69, 9.17) is 10.8 Å². The van der Waals surface area contributed by atoms with Gasteiger partial charge in [0.1, 0.15) is 17.4 Å². The molecule has 4 N–H and O–H groups in total. The fraction of sp³-hybridized carbons (Fsp3) is 0.0714. The molecule has 0 heterocycles. The topological polar surface area (TPSA) is 75.3 Å². The summed E-state index contributed by atoms with van der Waals surface area (Å²) in [6.07, 6.45) is 0. The van der Waals surface area contributed by atoms with Crippen molar-refractivity contribution in [2.45, 2.75) is 6.54 Å². The Hall–Kier alpha value is -2.47. The van der Waals surface area contributed by atoms with Crippen LogP contribution in [0.2, 0.25) is 0 Å². The quantitative estimate of drug-likeness (QED) is 0.807. The van der Waals surface area contributed by atoms with E-state index in [2.05, 4.69) is 5.32 Å². The minimum Gasteiger partial charge on any atom is -0.508 e. The van der Waals surface area contributed by atoms with Gasteiger partial charge in [0.15, 0.2) is 0 Å². The number of hydrogen-bond acceptors (Lipinski definition) is 3. The van der Waals surface area contributed by atoms with Crippen molar-refractivity contribution in [1.82, 2.24) is 0 Å². The average molecular weight is 278 g/mol. The van der Waals surface area contributed by atoms with Gasteiger partial charge in [0.05, 0.1) is 11.3 Å². The Bertz CT molecular complexity index is 660. The lowest BCUT2D eigenvalue weighted by Crippen LogP contribution is -2.15. The van der Waals surface area contributed by atoms with Crippen molar-refractivity contribution in [1.29, 1.82) is 0 Å². The maximum atomic E-state index is 13.7. The van der Waals surface area contributed by atoms with Gasteiger partial charge in [-0.05, 0) is 29.8 Å². The molecule has 0 aliphatic rings. The van der Waals surface area contributed by atoms with Crippen molar-refractivity contribution in [3.05, 3.63) is 59.2 Å². The predicted octanol–water partition coefficient (Wildman–Crippen LogP) is 2.38. The van der Waals surface area contributed by atoms with E-state index in [1.807, 2.05) is 0 Å². The average Bonchev–Trinajstić information content (AvgIpc) is 2.40. The first-order valence-corrected chi connectivity index (χ1v) is 5.79. The minimum absolute atomic E-state index is 0.0697. The third kappa shape index (κ3) is 2.92. The van der Waals surface area contributed by atoms with Crippen LogP contribution in [-0.2, 0) is 6.54 Å². The monoisotopic (exact) mass is 278 g/mol. The number of anilines is 1. The number of amides is 1. The van der Waals surface area contributed by atoms with Gasteiger partial charge in [-0.1, -0.05) is 6.07 Å². The van der Waals surface area contributed by atoms with E-state index < -0.39 is 17.5 Å². The van der Waals surface area contributed by atoms with Gasteiger partial charge in [-0.25, -0.2) is 8.78 Å². The van der Waals surface area contributed by atoms with Gasteiger partial charge in [0, 0.05) is 12.6 Å². The fourth-order valence-electron chi connectivity index (χ4n) is 1.66. The molecule has 0 aliphatic heterocycles. The lowest BCUT2D eigenvalue weighted by molar-refractivity contribution is 0.102. The number of phenolic OH excluding ortho intramolecular Hbond substituents is 1. The number of aromatic hydroxyl groups is 1. The molecule has 0 saturated heterocycles. The number of carbonyl (C=O) groups is 1. The number of benzene rings is 2. The molecule has 2 rings (SSSR count). The Labute approximate surface area is 113 Å². The molecule has 2 aromatic carbocycles. The zero-order chi connectivity index (χ0) is 14.7. The summed E-state index contributed by atoms with van der Waals surface area (Å²) in [4.78, 5) is 11.8. The van der Waals surface area contributed by atoms with Crippen LogP contribution in [0.3, 0.4) is 0 Å². The van der Waals surface area contributed by atoms with Crippen LogP contribution in [0.25, 0.3) is 0 Å². The van der Waals surface area contributed by atoms with E-state index in [-0.39, 0.29) is 23.5 Å². The summed E-state index contributed by atoms with van der Waals surface area (Å²) in [6, 6.07) is 7.21. The lowest BCUT2D eigenvalue weighted by Gasteiger charge is -2.08. The van der Waals surface area contributed by atoms with Crippen molar-refractivity contribution in [3.63, 3.8) is 0 Å². The molecule has 6 heteroatoms. The molecule has 0 saturated carbocycles. The van der Waals surface area contributed by atoms with Crippen LogP contribution in [0.1, 0.15) is 15.9 Å². The second-order valence-corrected chi connectivity index (χ2v) is 4.14. The van der Waals surface area contributed by atoms with E-state index in [0.717, 1.165) is 12.1 Å². The molecular weight excluding hydrogens is 266 g/mol. The minimum atomic E-state index is -0.888. The molecule has 0 aliphatic carbocycles. The number of nitrogens with one attached hydrogen (secondary N) is 1. The highest BCUT2D eigenvalue weighted by Gasteiger charge is 2.14. The second-order valence-electron chi connectivity index (χ2n) is 4.14. The van der Waals surface area contributed by atoms with E-state index in [9.17, 15) is 13.6 Å². The maximum Gasteiger partial charge on any atom is 0.258 e. The number of phenols is 1. The zero-order valence-electron chi connectivity index (χ0n) is 10.4. The summed E-state index contributed by atoms with van der Waals surface area (Å²) in [7, 11) is 0. The van der Waals surface area contributed by atoms with Crippen LogP contribution in [0, 0.1) is 11.6 Å². The highest BCUT2D eigenvalue weighted by atomic mass is 19.1. The summed E-state index contributed by atoms with van der Waals surface area (Å²) in [5.74, 6) is -2.64. The zero-order valence-corrected chi connectivity index (χ0v) is 10.4. The normalized spacial score (nSPS) is 10.3. The lowest BCUT2D eigenvalue weighted by atomic mass is 10.1. The van der Waals surface area contributed by atoms with Crippen LogP contribution in [0.4, 0.5) is 14.5 Å². The van der Waals surface area contributed by atoms with Crippen LogP contribution in [-0.4, -0.2) is 11.0 Å². The second kappa shape index (κ2) is 5.66. The third-order valence-electron chi connectivity index (χ3n) is 2.71. The summed E-state index contributed by atoms with van der Waals surface area (Å²) >= 11 is 0. The van der Waals surface area contributed by atoms with Gasteiger partial charge in [0.2, 0.25) is 0 Å². The summed E-state index contributed by atoms with van der Waals surface area (Å²) in [5, 5.41) is 11.3. The third-order valence-corrected chi connectivity index (χ3v) is 2.71. The smallest absolute Gasteiger partial charge is 0.258 e. The number of halogens is 2. The molecule has 0 bridgehead atoms. The molecule has 2 aromatic rings. The number of hydrogen-bond donors (Lipinski definition) is 3. The Kier molecular flexibility index (Phi) is 3.95. The predicted molar refractivity (Wildman–Crippen MR) is 70.3 cm³/mol. The van der Waals surface area contributed by atoms with E-state index in [1.165, 1.54) is 18.2 Å². The Balaban J connectivity index is 2.23. The Morgan fingerprint density at radius 2 is 1.90 bits per heavy atom. The fourth-order valence-corrected chi connectivity index (χ4v) is 1.66. The van der Waals surface area contributed by atoms with E-state index in [0.29, 0.717) is 5.56 Å². The van der Waals surface area contributed by atoms with Gasteiger partial charge in [-0.3, -0.25) is 4.79 Å². The molecule has 0 fully saturated rings. The summed E-state index contributed by atoms with van der Waals surface area (Å²) in [5.41, 5.74) is 5.59. The highest BCUT2D eigenvalue weighted by Crippen LogP contribution is 2.19. The van der Waals surface area contributed by atoms with Crippen LogP contribution in [0.5, 0.6) is 5.75 Å². The first-order chi connectivity index (χ1) is 9.51. The first kappa shape index (κ1) is 14.0. The number of rotatable bonds is 3. The van der Waals surface area contributed by atoms with Crippen LogP contribution in [0.15, 0.2) is 36.4 Å². The van der Waals surface area contributed by atoms with Crippen molar-refractivity contribution in [2.75, 3.05) is 5.32 Å². The molecule has 0 spiro atoms. The molecule has 0 radical (unpaired) electrons. The molecule has 4 nitrogen and oxygen atoms in total. The standard InChI is InChI=1S/C14H12F2N2O2/c15-11-6-9(19)2-3-10(11)14(20)18-13-4-1-8(7-17)5-12(13)16/h1-6,19H,7,17H2,(H,18,20). The maximum absolute atomic E-state index is 13.7. The first-order valence-electron chi connectivity index (χ1n) is 5.79. The molecule has 20 heavy (non-hydrogen) atoms. The largest absolute Gasteiger partial charge is 0.508 e. The molecule has 0 unspecified atom stereocenters. The van der Waals surface area contributed by atoms with Crippen LogP contribution < -0.4 is 11.1 Å². The van der Waals surface area contributed by atoms with E-state index in [1.54, 1.807) is 6.07 Å². The van der Waals surface area contributed by atoms with Gasteiger partial charge in [0.25, 0.3) is 5.91 Å². The Morgan fingerprint density at radius 3 is 2.50 bits per heavy atom. The molecule has 0 aromatic heterocycles. The highest BCUT2D eigenvalue weighted by molar-refractivity contribution is 6.04. The Morgan fingerprint density at radius 1 is 1.15 bits per heavy atom. The van der Waals surface area contributed by atoms with Crippen molar-refractivity contribution in [3.8, 4) is 5.75 Å². The van der Waals surface area contributed by atoms with Gasteiger partial charge in [-0.15, -0.1) is 0 Å². The summed E-state index contributed by atoms with van der Waals surface area (Å²) < 4.78 is 27.2. The van der Waals surface area contributed by atoms with Gasteiger partial charge >= 0.3 is 0 Å². The van der Waals surface area contributed by atoms with Crippen molar-refractivity contribution < 1.29 is 18.7 Å². The molecular formula is C14H12F2N2O2. The van der Waals surface area contributed by atoms with E-state index >= 15 is 0 Å². The van der Waals surface area contributed by atoms with Crippen molar-refractivity contribution in [2.24, 2.45) is 5.73 Å². The molecule has 104 valence electrons. The van der Waals surface area contributed by atoms with Gasteiger partial charge < -0.3 is 16.2 Å². The summed E-state index contributed by atoms with van der Waals surface area (Å²) in [6.45, 7) is 0.178. The number of nitrogens with two attached hydrogens (primary N) is 1. The van der Waals surface area contributed by atoms with Crippen LogP contribution >= 0.6 is 0 Å². The number of carbonyl (C=O) groups excluding carboxylic acids is 1. The van der Waals surface area contributed by atoms with Gasteiger partial charge in [-0.2, -0.15) is 0 Å². The molecule has 0 atom stereocenters. The molecule has 1 amide bonds.